The minimum atomic E-state index is -4.50. The molecule has 3 nitrogen and oxygen atoms in total. The molecule has 1 amide bonds. The molecule has 1 aromatic carbocycles. The van der Waals surface area contributed by atoms with Crippen LogP contribution in [0.2, 0.25) is 4.34 Å². The molecule has 0 bridgehead atoms. The molecule has 8 heteroatoms. The van der Waals surface area contributed by atoms with Crippen molar-refractivity contribution in [1.29, 1.82) is 0 Å². The Morgan fingerprint density at radius 1 is 1.25 bits per heavy atom. The lowest BCUT2D eigenvalue weighted by atomic mass is 10.1. The van der Waals surface area contributed by atoms with Gasteiger partial charge in [-0.25, -0.2) is 0 Å². The molecule has 1 aromatic heterocycles. The van der Waals surface area contributed by atoms with Gasteiger partial charge in [0.1, 0.15) is 5.75 Å². The molecular formula is C12H5ClF3NO2S. The molecule has 104 valence electrons. The number of benzene rings is 1. The van der Waals surface area contributed by atoms with Crippen molar-refractivity contribution in [2.24, 2.45) is 0 Å². The van der Waals surface area contributed by atoms with E-state index in [1.807, 2.05) is 0 Å². The summed E-state index contributed by atoms with van der Waals surface area (Å²) in [5.41, 5.74) is -0.498. The predicted octanol–water partition coefficient (Wildman–Crippen LogP) is 4.78. The average Bonchev–Trinajstić information content (AvgIpc) is 2.61. The summed E-state index contributed by atoms with van der Waals surface area (Å²) in [4.78, 5) is 11.9. The zero-order chi connectivity index (χ0) is 14.5. The number of amides is 1. The summed E-state index contributed by atoms with van der Waals surface area (Å²) in [5, 5.41) is 2.79. The molecule has 1 N–H and O–H groups in total. The van der Waals surface area contributed by atoms with Gasteiger partial charge in [-0.05, 0) is 24.3 Å². The third-order valence-corrected chi connectivity index (χ3v) is 3.81. The van der Waals surface area contributed by atoms with E-state index in [9.17, 15) is 18.0 Å². The van der Waals surface area contributed by atoms with Crippen molar-refractivity contribution in [3.8, 4) is 10.8 Å². The summed E-state index contributed by atoms with van der Waals surface area (Å²) in [5.74, 6) is -0.684. The fraction of sp³-hybridized carbons (Fsp3) is 0.0833. The quantitative estimate of drug-likeness (QED) is 0.759. The van der Waals surface area contributed by atoms with Gasteiger partial charge in [0.25, 0.3) is 5.91 Å². The summed E-state index contributed by atoms with van der Waals surface area (Å²) in [6, 6.07) is 4.22. The van der Waals surface area contributed by atoms with E-state index in [4.69, 9.17) is 16.3 Å². The minimum Gasteiger partial charge on any atom is -0.444 e. The van der Waals surface area contributed by atoms with Crippen LogP contribution in [0.3, 0.4) is 0 Å². The Morgan fingerprint density at radius 2 is 2.00 bits per heavy atom. The van der Waals surface area contributed by atoms with E-state index in [1.54, 1.807) is 0 Å². The number of ether oxygens (including phenoxy) is 1. The monoisotopic (exact) mass is 319 g/mol. The molecule has 2 heterocycles. The van der Waals surface area contributed by atoms with Gasteiger partial charge in [0.2, 0.25) is 5.06 Å². The molecule has 3 rings (SSSR count). The predicted molar refractivity (Wildman–Crippen MR) is 68.8 cm³/mol. The highest BCUT2D eigenvalue weighted by molar-refractivity contribution is 7.18. The van der Waals surface area contributed by atoms with Crippen molar-refractivity contribution in [1.82, 2.24) is 0 Å². The van der Waals surface area contributed by atoms with Gasteiger partial charge in [-0.2, -0.15) is 13.2 Å². The van der Waals surface area contributed by atoms with E-state index >= 15 is 0 Å². The van der Waals surface area contributed by atoms with E-state index in [0.29, 0.717) is 10.0 Å². The molecule has 0 fully saturated rings. The lowest BCUT2D eigenvalue weighted by Gasteiger charge is -2.10. The second-order valence-electron chi connectivity index (χ2n) is 4.02. The second kappa shape index (κ2) is 4.39. The van der Waals surface area contributed by atoms with Gasteiger partial charge in [-0.1, -0.05) is 22.9 Å². The molecule has 1 aliphatic rings. The Bertz CT molecular complexity index is 711. The van der Waals surface area contributed by atoms with E-state index in [2.05, 4.69) is 5.32 Å². The SMILES string of the molecule is O=C1Nc2cc(Cl)sc2Oc2cc(C(F)(F)F)ccc21. The Labute approximate surface area is 119 Å². The molecule has 1 aliphatic heterocycles. The third kappa shape index (κ3) is 2.23. The summed E-state index contributed by atoms with van der Waals surface area (Å²) in [6.45, 7) is 0. The third-order valence-electron chi connectivity index (χ3n) is 2.67. The van der Waals surface area contributed by atoms with Crippen LogP contribution in [-0.2, 0) is 6.18 Å². The maximum absolute atomic E-state index is 12.7. The number of hydrogen-bond acceptors (Lipinski definition) is 3. The number of halogens is 4. The number of rotatable bonds is 0. The Morgan fingerprint density at radius 3 is 2.70 bits per heavy atom. The number of hydrogen-bond donors (Lipinski definition) is 1. The molecule has 0 atom stereocenters. The van der Waals surface area contributed by atoms with Crippen LogP contribution in [0, 0.1) is 0 Å². The van der Waals surface area contributed by atoms with Crippen LogP contribution in [0.15, 0.2) is 24.3 Å². The highest BCUT2D eigenvalue weighted by atomic mass is 35.5. The maximum atomic E-state index is 12.7. The van der Waals surface area contributed by atoms with E-state index in [1.165, 1.54) is 6.07 Å². The lowest BCUT2D eigenvalue weighted by molar-refractivity contribution is -0.137. The Balaban J connectivity index is 2.12. The van der Waals surface area contributed by atoms with Crippen LogP contribution in [-0.4, -0.2) is 5.91 Å². The van der Waals surface area contributed by atoms with Crippen LogP contribution in [0.5, 0.6) is 10.8 Å². The summed E-state index contributed by atoms with van der Waals surface area (Å²) < 4.78 is 43.8. The normalized spacial score (nSPS) is 13.9. The van der Waals surface area contributed by atoms with Crippen molar-refractivity contribution < 1.29 is 22.7 Å². The zero-order valence-corrected chi connectivity index (χ0v) is 11.1. The Hall–Kier alpha value is -1.73. The molecular weight excluding hydrogens is 315 g/mol. The molecule has 0 spiro atoms. The Kier molecular flexibility index (Phi) is 2.91. The highest BCUT2D eigenvalue weighted by Crippen LogP contribution is 2.45. The zero-order valence-electron chi connectivity index (χ0n) is 9.55. The molecule has 20 heavy (non-hydrogen) atoms. The first-order valence-corrected chi connectivity index (χ1v) is 6.54. The van der Waals surface area contributed by atoms with E-state index in [0.717, 1.165) is 29.5 Å². The molecule has 0 unspecified atom stereocenters. The van der Waals surface area contributed by atoms with Crippen LogP contribution < -0.4 is 10.1 Å². The molecule has 0 saturated carbocycles. The van der Waals surface area contributed by atoms with Crippen molar-refractivity contribution in [3.63, 3.8) is 0 Å². The first kappa shape index (κ1) is 13.3. The van der Waals surface area contributed by atoms with Crippen molar-refractivity contribution in [3.05, 3.63) is 39.7 Å². The number of thiophene rings is 1. The average molecular weight is 320 g/mol. The molecule has 0 saturated heterocycles. The fourth-order valence-corrected chi connectivity index (χ4v) is 2.79. The second-order valence-corrected chi connectivity index (χ2v) is 5.66. The topological polar surface area (TPSA) is 38.3 Å². The van der Waals surface area contributed by atoms with Gasteiger partial charge in [0.15, 0.2) is 0 Å². The van der Waals surface area contributed by atoms with Crippen molar-refractivity contribution in [2.45, 2.75) is 6.18 Å². The van der Waals surface area contributed by atoms with Gasteiger partial charge >= 0.3 is 6.18 Å². The number of carbonyl (C=O) groups is 1. The van der Waals surface area contributed by atoms with Crippen LogP contribution in [0.4, 0.5) is 18.9 Å². The van der Waals surface area contributed by atoms with Gasteiger partial charge in [-0.15, -0.1) is 0 Å². The summed E-state index contributed by atoms with van der Waals surface area (Å²) in [7, 11) is 0. The maximum Gasteiger partial charge on any atom is 0.416 e. The van der Waals surface area contributed by atoms with Gasteiger partial charge < -0.3 is 10.1 Å². The first-order valence-electron chi connectivity index (χ1n) is 5.34. The largest absolute Gasteiger partial charge is 0.444 e. The van der Waals surface area contributed by atoms with Crippen LogP contribution in [0.25, 0.3) is 0 Å². The number of carbonyl (C=O) groups excluding carboxylic acids is 1. The van der Waals surface area contributed by atoms with Crippen LogP contribution >= 0.6 is 22.9 Å². The van der Waals surface area contributed by atoms with E-state index < -0.39 is 17.6 Å². The van der Waals surface area contributed by atoms with Crippen LogP contribution in [0.1, 0.15) is 15.9 Å². The van der Waals surface area contributed by atoms with Gasteiger partial charge in [-0.3, -0.25) is 4.79 Å². The summed E-state index contributed by atoms with van der Waals surface area (Å²) >= 11 is 6.82. The van der Waals surface area contributed by atoms with Gasteiger partial charge in [0.05, 0.1) is 21.2 Å². The molecule has 2 aromatic rings. The minimum absolute atomic E-state index is 0.0394. The standard InChI is InChI=1S/C12H5ClF3NO2S/c13-9-4-7-11(20-9)19-8-3-5(12(14,15)16)1-2-6(8)10(18)17-7/h1-4H,(H,17,18). The highest BCUT2D eigenvalue weighted by Gasteiger charge is 2.33. The van der Waals surface area contributed by atoms with Crippen molar-refractivity contribution in [2.75, 3.05) is 5.32 Å². The van der Waals surface area contributed by atoms with Gasteiger partial charge in [0, 0.05) is 0 Å². The van der Waals surface area contributed by atoms with Crippen molar-refractivity contribution >= 4 is 34.5 Å². The summed E-state index contributed by atoms with van der Waals surface area (Å²) in [6.07, 6.45) is -4.50. The number of fused-ring (bicyclic) bond motifs is 2. The number of alkyl halides is 3. The molecule has 0 radical (unpaired) electrons. The number of nitrogens with one attached hydrogen (secondary N) is 1. The lowest BCUT2D eigenvalue weighted by Crippen LogP contribution is -2.11. The smallest absolute Gasteiger partial charge is 0.416 e. The number of anilines is 1. The first-order chi connectivity index (χ1) is 9.34. The fourth-order valence-electron chi connectivity index (χ4n) is 1.77. The van der Waals surface area contributed by atoms with E-state index in [-0.39, 0.29) is 16.4 Å². The molecule has 0 aliphatic carbocycles.